The van der Waals surface area contributed by atoms with Crippen LogP contribution in [0.3, 0.4) is 0 Å². The van der Waals surface area contributed by atoms with Crippen LogP contribution in [0.25, 0.3) is 0 Å². The van der Waals surface area contributed by atoms with E-state index in [0.29, 0.717) is 13.0 Å². The molecule has 0 saturated carbocycles. The van der Waals surface area contributed by atoms with Gasteiger partial charge in [-0.2, -0.15) is 0 Å². The van der Waals surface area contributed by atoms with Gasteiger partial charge in [-0.15, -0.1) is 0 Å². The van der Waals surface area contributed by atoms with Crippen LogP contribution in [0, 0.1) is 5.92 Å². The lowest BCUT2D eigenvalue weighted by molar-refractivity contribution is -0.182. The van der Waals surface area contributed by atoms with Crippen LogP contribution in [0.15, 0.2) is 54.6 Å². The summed E-state index contributed by atoms with van der Waals surface area (Å²) >= 11 is 0. The van der Waals surface area contributed by atoms with Gasteiger partial charge >= 0.3 is 0 Å². The lowest BCUT2D eigenvalue weighted by atomic mass is 9.90. The van der Waals surface area contributed by atoms with Crippen LogP contribution in [-0.4, -0.2) is 35.5 Å². The summed E-state index contributed by atoms with van der Waals surface area (Å²) in [5, 5.41) is 0. The van der Waals surface area contributed by atoms with Crippen LogP contribution in [0.1, 0.15) is 43.0 Å². The molecule has 0 N–H and O–H groups in total. The third-order valence-electron chi connectivity index (χ3n) is 6.16. The molecule has 29 heavy (non-hydrogen) atoms. The fraction of sp³-hybridized carbons (Fsp3) is 0.458. The summed E-state index contributed by atoms with van der Waals surface area (Å²) in [5.74, 6) is -0.0391. The zero-order chi connectivity index (χ0) is 20.0. The van der Waals surface area contributed by atoms with Crippen molar-refractivity contribution >= 4 is 5.91 Å². The Kier molecular flexibility index (Phi) is 4.69. The Morgan fingerprint density at radius 1 is 1.10 bits per heavy atom. The lowest BCUT2D eigenvalue weighted by Gasteiger charge is -2.37. The summed E-state index contributed by atoms with van der Waals surface area (Å²) in [6, 6.07) is 18.2. The summed E-state index contributed by atoms with van der Waals surface area (Å²) in [6.07, 6.45) is 1.19. The predicted molar refractivity (Wildman–Crippen MR) is 108 cm³/mol. The summed E-state index contributed by atoms with van der Waals surface area (Å²) in [5.41, 5.74) is 2.69. The lowest BCUT2D eigenvalue weighted by Crippen LogP contribution is -2.48. The molecule has 1 amide bonds. The molecule has 5 heteroatoms. The smallest absolute Gasteiger partial charge is 0.229 e. The average molecular weight is 393 g/mol. The van der Waals surface area contributed by atoms with Gasteiger partial charge in [-0.05, 0) is 43.4 Å². The molecule has 2 fully saturated rings. The van der Waals surface area contributed by atoms with Crippen molar-refractivity contribution < 1.29 is 19.0 Å². The molecule has 152 valence electrons. The molecule has 0 aliphatic carbocycles. The van der Waals surface area contributed by atoms with Gasteiger partial charge in [0.25, 0.3) is 0 Å². The van der Waals surface area contributed by atoms with E-state index in [0.717, 1.165) is 24.2 Å². The van der Waals surface area contributed by atoms with Crippen LogP contribution in [-0.2, 0) is 32.0 Å². The van der Waals surface area contributed by atoms with Gasteiger partial charge in [0.05, 0.1) is 19.3 Å². The molecule has 0 aromatic heterocycles. The van der Waals surface area contributed by atoms with Crippen LogP contribution in [0.2, 0.25) is 0 Å². The molecule has 2 aromatic carbocycles. The summed E-state index contributed by atoms with van der Waals surface area (Å²) < 4.78 is 17.7. The van der Waals surface area contributed by atoms with Crippen molar-refractivity contribution in [3.63, 3.8) is 0 Å². The van der Waals surface area contributed by atoms with Crippen molar-refractivity contribution in [3.05, 3.63) is 71.3 Å². The highest BCUT2D eigenvalue weighted by Crippen LogP contribution is 2.47. The van der Waals surface area contributed by atoms with Crippen LogP contribution < -0.4 is 0 Å². The molecular formula is C24H27NO4. The first kappa shape index (κ1) is 18.8. The molecule has 5 rings (SSSR count). The molecule has 0 radical (unpaired) electrons. The Labute approximate surface area is 171 Å². The summed E-state index contributed by atoms with van der Waals surface area (Å²) in [4.78, 5) is 15.9. The van der Waals surface area contributed by atoms with E-state index in [1.807, 2.05) is 49.1 Å². The Morgan fingerprint density at radius 2 is 1.83 bits per heavy atom. The SMILES string of the molecule is CC1(C)OC2OCc3ccccc3C2N1C(=O)[C@H](Cc1ccccc1)CC1CO1. The van der Waals surface area contributed by atoms with Crippen molar-refractivity contribution in [2.24, 2.45) is 5.92 Å². The largest absolute Gasteiger partial charge is 0.373 e. The van der Waals surface area contributed by atoms with Crippen molar-refractivity contribution in [2.75, 3.05) is 6.61 Å². The highest BCUT2D eigenvalue weighted by atomic mass is 16.7. The van der Waals surface area contributed by atoms with E-state index >= 15 is 0 Å². The van der Waals surface area contributed by atoms with Gasteiger partial charge in [-0.25, -0.2) is 0 Å². The number of benzene rings is 2. The van der Waals surface area contributed by atoms with Crippen LogP contribution in [0.5, 0.6) is 0 Å². The van der Waals surface area contributed by atoms with Crippen LogP contribution >= 0.6 is 0 Å². The zero-order valence-electron chi connectivity index (χ0n) is 16.9. The fourth-order valence-corrected chi connectivity index (χ4v) is 4.69. The summed E-state index contributed by atoms with van der Waals surface area (Å²) in [6.45, 7) is 5.18. The van der Waals surface area contributed by atoms with Crippen LogP contribution in [0.4, 0.5) is 0 Å². The van der Waals surface area contributed by atoms with E-state index < -0.39 is 12.0 Å². The number of nitrogens with zero attached hydrogens (tertiary/aromatic N) is 1. The Bertz CT molecular complexity index is 893. The number of hydrogen-bond acceptors (Lipinski definition) is 4. The van der Waals surface area contributed by atoms with Gasteiger partial charge in [0, 0.05) is 5.92 Å². The normalized spacial score (nSPS) is 27.8. The maximum atomic E-state index is 13.9. The molecule has 3 heterocycles. The quantitative estimate of drug-likeness (QED) is 0.725. The van der Waals surface area contributed by atoms with E-state index in [2.05, 4.69) is 24.3 Å². The van der Waals surface area contributed by atoms with Crippen molar-refractivity contribution in [1.82, 2.24) is 4.90 Å². The Balaban J connectivity index is 1.48. The number of hydrogen-bond donors (Lipinski definition) is 0. The number of epoxide rings is 1. The Morgan fingerprint density at radius 3 is 2.59 bits per heavy atom. The van der Waals surface area contributed by atoms with Crippen molar-refractivity contribution in [3.8, 4) is 0 Å². The molecular weight excluding hydrogens is 366 g/mol. The molecule has 0 bridgehead atoms. The molecule has 3 aliphatic rings. The molecule has 3 unspecified atom stereocenters. The first-order valence-electron chi connectivity index (χ1n) is 10.4. The molecule has 4 atom stereocenters. The second-order valence-corrected chi connectivity index (χ2v) is 8.67. The topological polar surface area (TPSA) is 51.3 Å². The second kappa shape index (κ2) is 7.24. The molecule has 3 aliphatic heterocycles. The molecule has 2 aromatic rings. The predicted octanol–water partition coefficient (Wildman–Crippen LogP) is 3.83. The van der Waals surface area contributed by atoms with E-state index in [9.17, 15) is 4.79 Å². The van der Waals surface area contributed by atoms with E-state index in [1.54, 1.807) is 0 Å². The standard InChI is InChI=1S/C24H27NO4/c1-24(2)25(21-20-11-7-6-10-17(20)14-28-23(21)29-24)22(26)18(13-19-15-27-19)12-16-8-4-3-5-9-16/h3-11,18-19,21,23H,12-15H2,1-2H3/t18-,19?,21?,23?/m1/s1. The van der Waals surface area contributed by atoms with E-state index in [4.69, 9.17) is 14.2 Å². The van der Waals surface area contributed by atoms with Crippen molar-refractivity contribution in [2.45, 2.75) is 57.5 Å². The van der Waals surface area contributed by atoms with E-state index in [-0.39, 0.29) is 24.0 Å². The van der Waals surface area contributed by atoms with E-state index in [1.165, 1.54) is 5.56 Å². The maximum absolute atomic E-state index is 13.9. The van der Waals surface area contributed by atoms with Gasteiger partial charge < -0.3 is 19.1 Å². The highest BCUT2D eigenvalue weighted by molar-refractivity contribution is 5.81. The number of carbonyl (C=O) groups excluding carboxylic acids is 1. The fourth-order valence-electron chi connectivity index (χ4n) is 4.69. The zero-order valence-corrected chi connectivity index (χ0v) is 16.9. The number of carbonyl (C=O) groups is 1. The van der Waals surface area contributed by atoms with Crippen molar-refractivity contribution in [1.29, 1.82) is 0 Å². The number of amides is 1. The average Bonchev–Trinajstić information content (AvgIpc) is 3.48. The van der Waals surface area contributed by atoms with Gasteiger partial charge in [-0.3, -0.25) is 4.79 Å². The minimum absolute atomic E-state index is 0.113. The van der Waals surface area contributed by atoms with Gasteiger partial charge in [-0.1, -0.05) is 54.6 Å². The van der Waals surface area contributed by atoms with Gasteiger partial charge in [0.15, 0.2) is 6.29 Å². The first-order chi connectivity index (χ1) is 14.0. The van der Waals surface area contributed by atoms with Gasteiger partial charge in [0.2, 0.25) is 5.91 Å². The highest BCUT2D eigenvalue weighted by Gasteiger charge is 2.54. The molecule has 5 nitrogen and oxygen atoms in total. The minimum Gasteiger partial charge on any atom is -0.373 e. The van der Waals surface area contributed by atoms with Gasteiger partial charge in [0.1, 0.15) is 11.8 Å². The third kappa shape index (κ3) is 3.59. The maximum Gasteiger partial charge on any atom is 0.229 e. The summed E-state index contributed by atoms with van der Waals surface area (Å²) in [7, 11) is 0. The monoisotopic (exact) mass is 393 g/mol. The molecule has 0 spiro atoms. The minimum atomic E-state index is -0.733. The second-order valence-electron chi connectivity index (χ2n) is 8.67. The number of fused-ring (bicyclic) bond motifs is 3. The number of ether oxygens (including phenoxy) is 3. The molecule has 2 saturated heterocycles. The number of rotatable bonds is 5. The Hall–Kier alpha value is -2.21. The third-order valence-corrected chi connectivity index (χ3v) is 6.16. The first-order valence-corrected chi connectivity index (χ1v) is 10.4.